The number of carbonyl (C=O) groups excluding carboxylic acids is 1. The van der Waals surface area contributed by atoms with Crippen molar-refractivity contribution < 1.29 is 9.53 Å². The number of hydrogen-bond donors (Lipinski definition) is 1. The van der Waals surface area contributed by atoms with E-state index in [1.165, 1.54) is 10.9 Å². The van der Waals surface area contributed by atoms with Gasteiger partial charge in [0.05, 0.1) is 19.6 Å². The maximum absolute atomic E-state index is 12.4. The summed E-state index contributed by atoms with van der Waals surface area (Å²) in [5.41, 5.74) is 3.49. The summed E-state index contributed by atoms with van der Waals surface area (Å²) in [5.74, 6) is 0.0498. The lowest BCUT2D eigenvalue weighted by atomic mass is 10.0. The second-order valence-electron chi connectivity index (χ2n) is 7.30. The molecule has 1 fully saturated rings. The molecule has 4 rings (SSSR count). The Morgan fingerprint density at radius 1 is 0.893 bits per heavy atom. The van der Waals surface area contributed by atoms with Gasteiger partial charge in [0.1, 0.15) is 0 Å². The molecule has 0 radical (unpaired) electrons. The normalized spacial score (nSPS) is 14.9. The van der Waals surface area contributed by atoms with Crippen LogP contribution in [0.5, 0.6) is 0 Å². The first-order chi connectivity index (χ1) is 13.8. The van der Waals surface area contributed by atoms with Crippen LogP contribution in [0.3, 0.4) is 0 Å². The third kappa shape index (κ3) is 4.77. The summed E-state index contributed by atoms with van der Waals surface area (Å²) in [6.07, 6.45) is 0.399. The van der Waals surface area contributed by atoms with E-state index in [9.17, 15) is 4.79 Å². The lowest BCUT2D eigenvalue weighted by molar-refractivity contribution is -0.120. The van der Waals surface area contributed by atoms with Crippen molar-refractivity contribution >= 4 is 16.7 Å². The van der Waals surface area contributed by atoms with Crippen LogP contribution in [-0.4, -0.2) is 37.1 Å². The number of rotatable bonds is 6. The number of hydrogen-bond acceptors (Lipinski definition) is 3. The number of nitrogens with zero attached hydrogens (tertiary/aromatic N) is 1. The van der Waals surface area contributed by atoms with Crippen molar-refractivity contribution in [1.82, 2.24) is 10.2 Å². The first-order valence-corrected chi connectivity index (χ1v) is 9.89. The lowest BCUT2D eigenvalue weighted by Crippen LogP contribution is -2.35. The van der Waals surface area contributed by atoms with Gasteiger partial charge in [-0.3, -0.25) is 9.69 Å². The number of morpholine rings is 1. The Kier molecular flexibility index (Phi) is 6.00. The first kappa shape index (κ1) is 18.7. The van der Waals surface area contributed by atoms with Crippen LogP contribution >= 0.6 is 0 Å². The highest BCUT2D eigenvalue weighted by Crippen LogP contribution is 2.19. The molecule has 1 saturated heterocycles. The maximum Gasteiger partial charge on any atom is 0.224 e. The predicted molar refractivity (Wildman–Crippen MR) is 112 cm³/mol. The van der Waals surface area contributed by atoms with E-state index in [-0.39, 0.29) is 5.91 Å². The molecule has 144 valence electrons. The zero-order valence-electron chi connectivity index (χ0n) is 16.1. The Labute approximate surface area is 166 Å². The van der Waals surface area contributed by atoms with Gasteiger partial charge in [-0.1, -0.05) is 66.7 Å². The lowest BCUT2D eigenvalue weighted by Gasteiger charge is -2.26. The van der Waals surface area contributed by atoms with E-state index in [1.54, 1.807) is 0 Å². The standard InChI is InChI=1S/C24H26N2O2/c27-24(16-22-6-3-5-21-4-1-2-7-23(21)22)25-17-19-8-10-20(11-9-19)18-26-12-14-28-15-13-26/h1-11H,12-18H2,(H,25,27). The summed E-state index contributed by atoms with van der Waals surface area (Å²) in [5, 5.41) is 5.36. The van der Waals surface area contributed by atoms with Crippen molar-refractivity contribution in [2.45, 2.75) is 19.5 Å². The molecule has 3 aromatic rings. The van der Waals surface area contributed by atoms with Crippen molar-refractivity contribution in [3.63, 3.8) is 0 Å². The Morgan fingerprint density at radius 2 is 1.61 bits per heavy atom. The fourth-order valence-electron chi connectivity index (χ4n) is 3.66. The third-order valence-electron chi connectivity index (χ3n) is 5.25. The number of benzene rings is 3. The van der Waals surface area contributed by atoms with Crippen LogP contribution in [0.1, 0.15) is 16.7 Å². The van der Waals surface area contributed by atoms with Crippen LogP contribution in [0, 0.1) is 0 Å². The molecule has 0 aliphatic carbocycles. The van der Waals surface area contributed by atoms with Crippen molar-refractivity contribution in [3.8, 4) is 0 Å². The summed E-state index contributed by atoms with van der Waals surface area (Å²) < 4.78 is 5.40. The van der Waals surface area contributed by atoms with Crippen molar-refractivity contribution in [1.29, 1.82) is 0 Å². The van der Waals surface area contributed by atoms with Crippen LogP contribution in [0.4, 0.5) is 0 Å². The fourth-order valence-corrected chi connectivity index (χ4v) is 3.66. The van der Waals surface area contributed by atoms with Gasteiger partial charge in [-0.15, -0.1) is 0 Å². The smallest absolute Gasteiger partial charge is 0.224 e. The SMILES string of the molecule is O=C(Cc1cccc2ccccc12)NCc1ccc(CN2CCOCC2)cc1. The molecule has 1 amide bonds. The van der Waals surface area contributed by atoms with E-state index < -0.39 is 0 Å². The van der Waals surface area contributed by atoms with Gasteiger partial charge < -0.3 is 10.1 Å². The summed E-state index contributed by atoms with van der Waals surface area (Å²) in [4.78, 5) is 14.8. The molecular formula is C24H26N2O2. The first-order valence-electron chi connectivity index (χ1n) is 9.89. The van der Waals surface area contributed by atoms with Gasteiger partial charge in [-0.2, -0.15) is 0 Å². The highest BCUT2D eigenvalue weighted by molar-refractivity contribution is 5.90. The minimum atomic E-state index is 0.0498. The van der Waals surface area contributed by atoms with Crippen LogP contribution in [0.15, 0.2) is 66.7 Å². The molecule has 0 spiro atoms. The van der Waals surface area contributed by atoms with Gasteiger partial charge in [0.2, 0.25) is 5.91 Å². The molecule has 1 heterocycles. The Morgan fingerprint density at radius 3 is 2.43 bits per heavy atom. The summed E-state index contributed by atoms with van der Waals surface area (Å²) in [7, 11) is 0. The quantitative estimate of drug-likeness (QED) is 0.718. The van der Waals surface area contributed by atoms with Crippen molar-refractivity contribution in [3.05, 3.63) is 83.4 Å². The molecule has 4 nitrogen and oxygen atoms in total. The second kappa shape index (κ2) is 9.00. The molecule has 1 N–H and O–H groups in total. The topological polar surface area (TPSA) is 41.6 Å². The monoisotopic (exact) mass is 374 g/mol. The van der Waals surface area contributed by atoms with E-state index in [1.807, 2.05) is 24.3 Å². The molecule has 0 bridgehead atoms. The molecule has 0 aromatic heterocycles. The average Bonchev–Trinajstić information content (AvgIpc) is 2.74. The molecule has 3 aromatic carbocycles. The van der Waals surface area contributed by atoms with Gasteiger partial charge in [-0.05, 0) is 27.5 Å². The molecular weight excluding hydrogens is 348 g/mol. The van der Waals surface area contributed by atoms with Gasteiger partial charge in [0.25, 0.3) is 0 Å². The fraction of sp³-hybridized carbons (Fsp3) is 0.292. The van der Waals surface area contributed by atoms with Gasteiger partial charge >= 0.3 is 0 Å². The molecule has 4 heteroatoms. The Balaban J connectivity index is 1.30. The van der Waals surface area contributed by atoms with Crippen LogP contribution in [0.2, 0.25) is 0 Å². The van der Waals surface area contributed by atoms with Crippen LogP contribution in [0.25, 0.3) is 10.8 Å². The number of amides is 1. The van der Waals surface area contributed by atoms with Gasteiger partial charge in [0, 0.05) is 26.2 Å². The molecule has 0 saturated carbocycles. The summed E-state index contributed by atoms with van der Waals surface area (Å²) in [6.45, 7) is 5.14. The van der Waals surface area contributed by atoms with E-state index in [4.69, 9.17) is 4.74 Å². The largest absolute Gasteiger partial charge is 0.379 e. The molecule has 1 aliphatic heterocycles. The highest BCUT2D eigenvalue weighted by Gasteiger charge is 2.11. The number of fused-ring (bicyclic) bond motifs is 1. The Hall–Kier alpha value is -2.69. The number of nitrogens with one attached hydrogen (secondary N) is 1. The predicted octanol–water partition coefficient (Wildman–Crippen LogP) is 3.53. The van der Waals surface area contributed by atoms with E-state index >= 15 is 0 Å². The minimum Gasteiger partial charge on any atom is -0.379 e. The third-order valence-corrected chi connectivity index (χ3v) is 5.25. The zero-order chi connectivity index (χ0) is 19.2. The Bertz CT molecular complexity index is 925. The number of carbonyl (C=O) groups is 1. The van der Waals surface area contributed by atoms with Crippen molar-refractivity contribution in [2.24, 2.45) is 0 Å². The second-order valence-corrected chi connectivity index (χ2v) is 7.30. The minimum absolute atomic E-state index is 0.0498. The molecule has 0 unspecified atom stereocenters. The van der Waals surface area contributed by atoms with Gasteiger partial charge in [-0.25, -0.2) is 0 Å². The number of ether oxygens (including phenoxy) is 1. The maximum atomic E-state index is 12.4. The van der Waals surface area contributed by atoms with Crippen molar-refractivity contribution in [2.75, 3.05) is 26.3 Å². The van der Waals surface area contributed by atoms with E-state index in [0.29, 0.717) is 13.0 Å². The summed E-state index contributed by atoms with van der Waals surface area (Å²) >= 11 is 0. The van der Waals surface area contributed by atoms with Gasteiger partial charge in [0.15, 0.2) is 0 Å². The highest BCUT2D eigenvalue weighted by atomic mass is 16.5. The summed E-state index contributed by atoms with van der Waals surface area (Å²) in [6, 6.07) is 22.8. The molecule has 28 heavy (non-hydrogen) atoms. The van der Waals surface area contributed by atoms with Crippen LogP contribution in [-0.2, 0) is 29.0 Å². The van der Waals surface area contributed by atoms with E-state index in [0.717, 1.165) is 49.4 Å². The zero-order valence-corrected chi connectivity index (χ0v) is 16.1. The average molecular weight is 374 g/mol. The molecule has 1 aliphatic rings. The van der Waals surface area contributed by atoms with E-state index in [2.05, 4.69) is 52.7 Å². The molecule has 0 atom stereocenters. The van der Waals surface area contributed by atoms with Crippen LogP contribution < -0.4 is 5.32 Å².